The largest absolute Gasteiger partial charge is 0.497 e. The highest BCUT2D eigenvalue weighted by Gasteiger charge is 2.43. The molecule has 1 atom stereocenters. The number of amides is 3. The predicted molar refractivity (Wildman–Crippen MR) is 106 cm³/mol. The van der Waals surface area contributed by atoms with Crippen LogP contribution in [0, 0.1) is 0 Å². The summed E-state index contributed by atoms with van der Waals surface area (Å²) >= 11 is 0. The third-order valence-corrected chi connectivity index (χ3v) is 5.08. The first-order valence-electron chi connectivity index (χ1n) is 9.90. The molecule has 3 rings (SSSR count). The molecule has 0 bridgehead atoms. The minimum Gasteiger partial charge on any atom is -0.497 e. The van der Waals surface area contributed by atoms with Crippen LogP contribution < -0.4 is 10.1 Å². The molecule has 0 saturated heterocycles. The van der Waals surface area contributed by atoms with E-state index in [9.17, 15) is 14.4 Å². The van der Waals surface area contributed by atoms with Crippen molar-refractivity contribution in [3.8, 4) is 5.75 Å². The molecule has 0 radical (unpaired) electrons. The van der Waals surface area contributed by atoms with Gasteiger partial charge in [0.05, 0.1) is 24.4 Å². The van der Waals surface area contributed by atoms with Crippen molar-refractivity contribution in [2.45, 2.75) is 32.7 Å². The van der Waals surface area contributed by atoms with E-state index in [1.54, 1.807) is 36.3 Å². The number of ether oxygens (including phenoxy) is 2. The Morgan fingerprint density at radius 2 is 1.86 bits per heavy atom. The van der Waals surface area contributed by atoms with Gasteiger partial charge in [-0.1, -0.05) is 26.0 Å². The van der Waals surface area contributed by atoms with Crippen LogP contribution in [0.3, 0.4) is 0 Å². The number of nitrogens with zero attached hydrogens (tertiary/aromatic N) is 2. The molecule has 1 N–H and O–H groups in total. The van der Waals surface area contributed by atoms with Crippen LogP contribution in [0.5, 0.6) is 5.75 Å². The van der Waals surface area contributed by atoms with Gasteiger partial charge in [-0.3, -0.25) is 9.69 Å². The van der Waals surface area contributed by atoms with Crippen molar-refractivity contribution in [1.29, 1.82) is 0 Å². The van der Waals surface area contributed by atoms with E-state index in [4.69, 9.17) is 9.47 Å². The Morgan fingerprint density at radius 3 is 2.45 bits per heavy atom. The van der Waals surface area contributed by atoms with Crippen molar-refractivity contribution >= 4 is 17.9 Å². The number of methoxy groups -OCH3 is 1. The van der Waals surface area contributed by atoms with Gasteiger partial charge in [0, 0.05) is 13.1 Å². The number of benzene rings is 1. The minimum absolute atomic E-state index is 0.0108. The fraction of sp³-hybridized carbons (Fsp3) is 0.476. The Morgan fingerprint density at radius 1 is 1.21 bits per heavy atom. The van der Waals surface area contributed by atoms with Crippen LogP contribution >= 0.6 is 0 Å². The van der Waals surface area contributed by atoms with Crippen molar-refractivity contribution in [3.63, 3.8) is 0 Å². The lowest BCUT2D eigenvalue weighted by molar-refractivity contribution is -0.136. The summed E-state index contributed by atoms with van der Waals surface area (Å²) in [6.07, 6.45) is 1.68. The molecule has 0 unspecified atom stereocenters. The quantitative estimate of drug-likeness (QED) is 0.675. The third-order valence-electron chi connectivity index (χ3n) is 5.08. The molecule has 1 aromatic carbocycles. The van der Waals surface area contributed by atoms with Gasteiger partial charge in [0.25, 0.3) is 0 Å². The zero-order valence-corrected chi connectivity index (χ0v) is 17.1. The predicted octanol–water partition coefficient (Wildman–Crippen LogP) is 2.22. The number of carbonyl (C=O) groups is 3. The number of rotatable bonds is 8. The summed E-state index contributed by atoms with van der Waals surface area (Å²) in [6.45, 7) is 5.16. The van der Waals surface area contributed by atoms with Crippen molar-refractivity contribution in [3.05, 3.63) is 41.1 Å². The van der Waals surface area contributed by atoms with Gasteiger partial charge >= 0.3 is 12.0 Å². The summed E-state index contributed by atoms with van der Waals surface area (Å²) in [4.78, 5) is 41.1. The normalized spacial score (nSPS) is 18.3. The van der Waals surface area contributed by atoms with Crippen LogP contribution in [0.1, 0.15) is 38.3 Å². The first-order valence-corrected chi connectivity index (χ1v) is 9.90. The van der Waals surface area contributed by atoms with Crippen LogP contribution in [-0.4, -0.2) is 61.1 Å². The van der Waals surface area contributed by atoms with E-state index in [0.29, 0.717) is 30.1 Å². The molecule has 2 heterocycles. The number of urea groups is 1. The molecular formula is C21H27N3O5. The molecule has 0 aliphatic carbocycles. The Balaban J connectivity index is 1.88. The second-order valence-corrected chi connectivity index (χ2v) is 7.06. The number of hydrogen-bond acceptors (Lipinski definition) is 5. The molecule has 2 aliphatic heterocycles. The highest BCUT2D eigenvalue weighted by atomic mass is 16.5. The first-order chi connectivity index (χ1) is 14.0. The first kappa shape index (κ1) is 20.7. The molecule has 2 aliphatic rings. The second kappa shape index (κ2) is 8.98. The summed E-state index contributed by atoms with van der Waals surface area (Å²) in [5.41, 5.74) is 1.58. The molecule has 0 aromatic heterocycles. The maximum atomic E-state index is 12.8. The highest BCUT2D eigenvalue weighted by molar-refractivity contribution is 5.98. The van der Waals surface area contributed by atoms with Crippen LogP contribution in [-0.2, 0) is 14.3 Å². The fourth-order valence-corrected chi connectivity index (χ4v) is 3.66. The molecule has 0 spiro atoms. The Kier molecular flexibility index (Phi) is 6.41. The number of carbonyl (C=O) groups excluding carboxylic acids is 3. The molecule has 1 aromatic rings. The third kappa shape index (κ3) is 4.21. The van der Waals surface area contributed by atoms with Crippen molar-refractivity contribution in [1.82, 2.24) is 15.1 Å². The Bertz CT molecular complexity index is 812. The van der Waals surface area contributed by atoms with Gasteiger partial charge in [-0.25, -0.2) is 9.59 Å². The van der Waals surface area contributed by atoms with Gasteiger partial charge in [0.2, 0.25) is 5.91 Å². The lowest BCUT2D eigenvalue weighted by Gasteiger charge is -2.34. The topological polar surface area (TPSA) is 88.2 Å². The molecule has 0 saturated carbocycles. The van der Waals surface area contributed by atoms with Crippen LogP contribution in [0.4, 0.5) is 4.79 Å². The lowest BCUT2D eigenvalue weighted by Crippen LogP contribution is -2.51. The molecule has 29 heavy (non-hydrogen) atoms. The van der Waals surface area contributed by atoms with Crippen LogP contribution in [0.2, 0.25) is 0 Å². The van der Waals surface area contributed by atoms with E-state index in [2.05, 4.69) is 5.32 Å². The van der Waals surface area contributed by atoms with E-state index >= 15 is 0 Å². The number of esters is 1. The molecule has 8 nitrogen and oxygen atoms in total. The van der Waals surface area contributed by atoms with Crippen molar-refractivity contribution < 1.29 is 23.9 Å². The summed E-state index contributed by atoms with van der Waals surface area (Å²) in [7, 11) is 1.57. The monoisotopic (exact) mass is 401 g/mol. The average Bonchev–Trinajstić information content (AvgIpc) is 3.11. The zero-order valence-electron chi connectivity index (χ0n) is 17.1. The van der Waals surface area contributed by atoms with Gasteiger partial charge in [-0.05, 0) is 30.5 Å². The maximum Gasteiger partial charge on any atom is 0.338 e. The van der Waals surface area contributed by atoms with Crippen LogP contribution in [0.25, 0.3) is 0 Å². The van der Waals surface area contributed by atoms with Crippen molar-refractivity contribution in [2.75, 3.05) is 33.4 Å². The lowest BCUT2D eigenvalue weighted by atomic mass is 9.95. The maximum absolute atomic E-state index is 12.8. The smallest absolute Gasteiger partial charge is 0.338 e. The number of hydrogen-bond donors (Lipinski definition) is 1. The van der Waals surface area contributed by atoms with Gasteiger partial charge in [0.15, 0.2) is 0 Å². The summed E-state index contributed by atoms with van der Waals surface area (Å²) < 4.78 is 10.4. The highest BCUT2D eigenvalue weighted by Crippen LogP contribution is 2.35. The van der Waals surface area contributed by atoms with E-state index < -0.39 is 18.0 Å². The van der Waals surface area contributed by atoms with Gasteiger partial charge in [-0.2, -0.15) is 0 Å². The standard InChI is InChI=1S/C21H27N3O5/c1-4-10-23(11-5-2)17(25)12-24-16-13-29-20(26)18(16)19(22-21(24)27)14-6-8-15(28-3)9-7-14/h6-9,19H,4-5,10-13H2,1-3H3,(H,22,27)/t19-/m1/s1. The average molecular weight is 401 g/mol. The Hall–Kier alpha value is -3.03. The van der Waals surface area contributed by atoms with Crippen LogP contribution in [0.15, 0.2) is 35.5 Å². The van der Waals surface area contributed by atoms with Gasteiger partial charge in [-0.15, -0.1) is 0 Å². The summed E-state index contributed by atoms with van der Waals surface area (Å²) in [6, 6.07) is 6.10. The summed E-state index contributed by atoms with van der Waals surface area (Å²) in [5, 5.41) is 2.85. The molecule has 156 valence electrons. The molecular weight excluding hydrogens is 374 g/mol. The molecule has 8 heteroatoms. The zero-order chi connectivity index (χ0) is 21.0. The van der Waals surface area contributed by atoms with E-state index in [0.717, 1.165) is 18.4 Å². The SMILES string of the molecule is CCCN(CCC)C(=O)CN1C(=O)N[C@H](c2ccc(OC)cc2)C2=C1COC2=O. The van der Waals surface area contributed by atoms with Crippen molar-refractivity contribution in [2.24, 2.45) is 0 Å². The number of cyclic esters (lactones) is 1. The Labute approximate surface area is 170 Å². The minimum atomic E-state index is -0.618. The van der Waals surface area contributed by atoms with Gasteiger partial charge < -0.3 is 19.7 Å². The molecule has 3 amide bonds. The van der Waals surface area contributed by atoms with Gasteiger partial charge in [0.1, 0.15) is 18.9 Å². The van der Waals surface area contributed by atoms with E-state index in [1.165, 1.54) is 4.90 Å². The van der Waals surface area contributed by atoms with E-state index in [-0.39, 0.29) is 19.1 Å². The van der Waals surface area contributed by atoms with E-state index in [1.807, 2.05) is 13.8 Å². The second-order valence-electron chi connectivity index (χ2n) is 7.06. The number of nitrogens with one attached hydrogen (secondary N) is 1. The summed E-state index contributed by atoms with van der Waals surface area (Å²) in [5.74, 6) is 0.0634. The molecule has 0 fully saturated rings. The fourth-order valence-electron chi connectivity index (χ4n) is 3.66.